The van der Waals surface area contributed by atoms with Crippen LogP contribution in [0.5, 0.6) is 5.75 Å². The predicted molar refractivity (Wildman–Crippen MR) is 76.2 cm³/mol. The molecule has 1 aliphatic rings. The maximum Gasteiger partial charge on any atom is 0.326 e. The molecule has 1 saturated heterocycles. The van der Waals surface area contributed by atoms with E-state index in [2.05, 4.69) is 10.6 Å². The van der Waals surface area contributed by atoms with Gasteiger partial charge in [-0.25, -0.2) is 4.79 Å². The molecule has 0 bridgehead atoms. The van der Waals surface area contributed by atoms with Gasteiger partial charge in [0.1, 0.15) is 17.8 Å². The van der Waals surface area contributed by atoms with Crippen molar-refractivity contribution in [1.29, 1.82) is 0 Å². The highest BCUT2D eigenvalue weighted by Crippen LogP contribution is 2.14. The van der Waals surface area contributed by atoms with Gasteiger partial charge in [0.05, 0.1) is 0 Å². The average molecular weight is 310 g/mol. The summed E-state index contributed by atoms with van der Waals surface area (Å²) in [4.78, 5) is 34.2. The van der Waals surface area contributed by atoms with Gasteiger partial charge in [0.15, 0.2) is 0 Å². The van der Waals surface area contributed by atoms with Crippen LogP contribution in [0.3, 0.4) is 0 Å². The summed E-state index contributed by atoms with van der Waals surface area (Å²) in [6, 6.07) is 4.27. The Labute approximate surface area is 124 Å². The van der Waals surface area contributed by atoms with Gasteiger partial charge in [-0.1, -0.05) is 23.9 Å². The predicted octanol–water partition coefficient (Wildman–Crippen LogP) is 0.329. The second-order valence-corrected chi connectivity index (χ2v) is 5.56. The van der Waals surface area contributed by atoms with Crippen molar-refractivity contribution in [2.24, 2.45) is 0 Å². The monoisotopic (exact) mass is 310 g/mol. The van der Waals surface area contributed by atoms with E-state index in [9.17, 15) is 24.6 Å². The SMILES string of the molecule is O=C1NC(C(=O)N[C@@H](Cc2ccc(O)cc2)C(=O)O)CS1. The van der Waals surface area contributed by atoms with E-state index in [0.717, 1.165) is 11.8 Å². The van der Waals surface area contributed by atoms with Gasteiger partial charge in [-0.3, -0.25) is 9.59 Å². The number of carbonyl (C=O) groups excluding carboxylic acids is 2. The zero-order valence-corrected chi connectivity index (χ0v) is 11.7. The molecule has 0 aliphatic carbocycles. The van der Waals surface area contributed by atoms with Crippen molar-refractivity contribution in [2.45, 2.75) is 18.5 Å². The van der Waals surface area contributed by atoms with Crippen LogP contribution in [0.25, 0.3) is 0 Å². The van der Waals surface area contributed by atoms with Gasteiger partial charge in [0.25, 0.3) is 5.24 Å². The van der Waals surface area contributed by atoms with E-state index in [1.807, 2.05) is 0 Å². The smallest absolute Gasteiger partial charge is 0.326 e. The van der Waals surface area contributed by atoms with Crippen molar-refractivity contribution in [3.63, 3.8) is 0 Å². The topological polar surface area (TPSA) is 116 Å². The van der Waals surface area contributed by atoms with Crippen molar-refractivity contribution < 1.29 is 24.6 Å². The zero-order chi connectivity index (χ0) is 15.4. The van der Waals surface area contributed by atoms with Crippen LogP contribution in [0, 0.1) is 0 Å². The first kappa shape index (κ1) is 15.2. The van der Waals surface area contributed by atoms with E-state index in [0.29, 0.717) is 5.56 Å². The molecule has 8 heteroatoms. The number of hydrogen-bond acceptors (Lipinski definition) is 5. The number of carbonyl (C=O) groups is 3. The van der Waals surface area contributed by atoms with Gasteiger partial charge < -0.3 is 20.8 Å². The lowest BCUT2D eigenvalue weighted by Crippen LogP contribution is -2.50. The minimum atomic E-state index is -1.16. The molecule has 2 amide bonds. The Morgan fingerprint density at radius 1 is 1.38 bits per heavy atom. The molecule has 2 atom stereocenters. The molecule has 0 aromatic heterocycles. The van der Waals surface area contributed by atoms with Gasteiger partial charge in [-0.15, -0.1) is 0 Å². The number of hydrogen-bond donors (Lipinski definition) is 4. The van der Waals surface area contributed by atoms with Gasteiger partial charge in [-0.05, 0) is 17.7 Å². The molecule has 1 aromatic rings. The lowest BCUT2D eigenvalue weighted by molar-refractivity contribution is -0.141. The number of phenols is 1. The summed E-state index contributed by atoms with van der Waals surface area (Å²) in [7, 11) is 0. The van der Waals surface area contributed by atoms with Crippen molar-refractivity contribution in [3.8, 4) is 5.75 Å². The Morgan fingerprint density at radius 2 is 2.05 bits per heavy atom. The summed E-state index contributed by atoms with van der Waals surface area (Å²) >= 11 is 0.989. The maximum atomic E-state index is 11.9. The number of benzene rings is 1. The lowest BCUT2D eigenvalue weighted by Gasteiger charge is -2.17. The van der Waals surface area contributed by atoms with E-state index in [4.69, 9.17) is 0 Å². The first-order chi connectivity index (χ1) is 9.95. The number of aliphatic carboxylic acids is 1. The zero-order valence-electron chi connectivity index (χ0n) is 10.9. The Bertz CT molecular complexity index is 560. The van der Waals surface area contributed by atoms with Crippen LogP contribution < -0.4 is 10.6 Å². The van der Waals surface area contributed by atoms with E-state index in [1.165, 1.54) is 12.1 Å². The standard InChI is InChI=1S/C13H14N2O5S/c16-8-3-1-7(2-4-8)5-9(12(18)19)14-11(17)10-6-21-13(20)15-10/h1-4,9-10,16H,5-6H2,(H,14,17)(H,15,20)(H,18,19)/t9-,10?/m0/s1. The van der Waals surface area contributed by atoms with E-state index < -0.39 is 24.0 Å². The van der Waals surface area contributed by atoms with Crippen LogP contribution in [0.1, 0.15) is 5.56 Å². The molecule has 2 rings (SSSR count). The number of thioether (sulfide) groups is 1. The summed E-state index contributed by atoms with van der Waals surface area (Å²) in [5.74, 6) is -1.30. The molecule has 1 unspecified atom stereocenters. The molecule has 1 aliphatic heterocycles. The quantitative estimate of drug-likeness (QED) is 0.623. The number of amides is 2. The molecule has 0 saturated carbocycles. The first-order valence-electron chi connectivity index (χ1n) is 6.20. The molecule has 0 radical (unpaired) electrons. The minimum Gasteiger partial charge on any atom is -0.508 e. The summed E-state index contributed by atoms with van der Waals surface area (Å²) < 4.78 is 0. The first-order valence-corrected chi connectivity index (χ1v) is 7.18. The molecule has 21 heavy (non-hydrogen) atoms. The molecule has 1 aromatic carbocycles. The summed E-state index contributed by atoms with van der Waals surface area (Å²) in [5.41, 5.74) is 0.672. The summed E-state index contributed by atoms with van der Waals surface area (Å²) in [6.07, 6.45) is 0.0924. The van der Waals surface area contributed by atoms with Crippen LogP contribution in [-0.4, -0.2) is 45.2 Å². The number of carboxylic acids is 1. The largest absolute Gasteiger partial charge is 0.508 e. The number of phenolic OH excluding ortho intramolecular Hbond substituents is 1. The van der Waals surface area contributed by atoms with Crippen LogP contribution in [0.4, 0.5) is 4.79 Å². The second kappa shape index (κ2) is 6.49. The average Bonchev–Trinajstić information content (AvgIpc) is 2.87. The summed E-state index contributed by atoms with van der Waals surface area (Å²) in [5, 5.41) is 22.9. The molecular weight excluding hydrogens is 296 g/mol. The van der Waals surface area contributed by atoms with Crippen molar-refractivity contribution in [3.05, 3.63) is 29.8 Å². The Hall–Kier alpha value is -2.22. The van der Waals surface area contributed by atoms with Crippen molar-refractivity contribution in [1.82, 2.24) is 10.6 Å². The van der Waals surface area contributed by atoms with Gasteiger partial charge in [0, 0.05) is 12.2 Å². The Balaban J connectivity index is 1.99. The third-order valence-corrected chi connectivity index (χ3v) is 3.86. The van der Waals surface area contributed by atoms with Crippen LogP contribution in [-0.2, 0) is 16.0 Å². The second-order valence-electron chi connectivity index (χ2n) is 4.57. The molecule has 0 spiro atoms. The molecule has 4 N–H and O–H groups in total. The highest BCUT2D eigenvalue weighted by Gasteiger charge is 2.31. The lowest BCUT2D eigenvalue weighted by atomic mass is 10.1. The van der Waals surface area contributed by atoms with E-state index in [1.54, 1.807) is 12.1 Å². The fourth-order valence-electron chi connectivity index (χ4n) is 1.87. The third kappa shape index (κ3) is 4.12. The van der Waals surface area contributed by atoms with Crippen molar-refractivity contribution in [2.75, 3.05) is 5.75 Å². The van der Waals surface area contributed by atoms with Crippen molar-refractivity contribution >= 4 is 28.9 Å². The summed E-state index contributed by atoms with van der Waals surface area (Å²) in [6.45, 7) is 0. The van der Waals surface area contributed by atoms with Crippen LogP contribution in [0.15, 0.2) is 24.3 Å². The highest BCUT2D eigenvalue weighted by molar-refractivity contribution is 8.14. The third-order valence-electron chi connectivity index (χ3n) is 2.98. The molecule has 7 nitrogen and oxygen atoms in total. The van der Waals surface area contributed by atoms with Gasteiger partial charge in [-0.2, -0.15) is 0 Å². The number of aromatic hydroxyl groups is 1. The fourth-order valence-corrected chi connectivity index (χ4v) is 2.64. The van der Waals surface area contributed by atoms with E-state index in [-0.39, 0.29) is 23.2 Å². The molecule has 1 fully saturated rings. The number of rotatable bonds is 5. The van der Waals surface area contributed by atoms with Gasteiger partial charge in [0.2, 0.25) is 5.91 Å². The normalized spacial score (nSPS) is 18.9. The maximum absolute atomic E-state index is 11.9. The van der Waals surface area contributed by atoms with Gasteiger partial charge >= 0.3 is 5.97 Å². The molecule has 1 heterocycles. The number of carboxylic acid groups (broad SMARTS) is 1. The number of nitrogens with one attached hydrogen (secondary N) is 2. The highest BCUT2D eigenvalue weighted by atomic mass is 32.2. The van der Waals surface area contributed by atoms with Crippen LogP contribution in [0.2, 0.25) is 0 Å². The minimum absolute atomic E-state index is 0.0837. The van der Waals surface area contributed by atoms with Crippen LogP contribution >= 0.6 is 11.8 Å². The Morgan fingerprint density at radius 3 is 2.57 bits per heavy atom. The fraction of sp³-hybridized carbons (Fsp3) is 0.308. The Kier molecular flexibility index (Phi) is 4.69. The molecule has 112 valence electrons. The molecular formula is C13H14N2O5S. The van der Waals surface area contributed by atoms with E-state index >= 15 is 0 Å².